The van der Waals surface area contributed by atoms with E-state index in [1.54, 1.807) is 0 Å². The molecule has 2 aliphatic rings. The zero-order chi connectivity index (χ0) is 9.90. The van der Waals surface area contributed by atoms with Gasteiger partial charge >= 0.3 is 0 Å². The molecule has 1 saturated carbocycles. The summed E-state index contributed by atoms with van der Waals surface area (Å²) in [4.78, 5) is 2.41. The van der Waals surface area contributed by atoms with Crippen LogP contribution in [0.5, 0.6) is 0 Å². The molecule has 1 N–H and O–H groups in total. The minimum atomic E-state index is 0.408. The van der Waals surface area contributed by atoms with E-state index in [1.807, 2.05) is 13.8 Å². The van der Waals surface area contributed by atoms with Crippen molar-refractivity contribution in [3.8, 4) is 0 Å². The lowest BCUT2D eigenvalue weighted by Gasteiger charge is -2.44. The van der Waals surface area contributed by atoms with E-state index in [9.17, 15) is 0 Å². The van der Waals surface area contributed by atoms with Crippen molar-refractivity contribution in [3.05, 3.63) is 0 Å². The van der Waals surface area contributed by atoms with Gasteiger partial charge in [0.25, 0.3) is 0 Å². The fourth-order valence-corrected chi connectivity index (χ4v) is 2.79. The summed E-state index contributed by atoms with van der Waals surface area (Å²) in [7, 11) is 2.20. The highest BCUT2D eigenvalue weighted by Gasteiger charge is 2.46. The molecule has 0 aromatic rings. The van der Waals surface area contributed by atoms with Gasteiger partial charge in [0.1, 0.15) is 0 Å². The number of hydrogen-bond acceptors (Lipinski definition) is 2. The lowest BCUT2D eigenvalue weighted by molar-refractivity contribution is 0.0258. The van der Waals surface area contributed by atoms with Crippen LogP contribution in [-0.2, 0) is 0 Å². The molecule has 1 aliphatic heterocycles. The molecule has 13 heavy (non-hydrogen) atoms. The lowest BCUT2D eigenvalue weighted by Crippen LogP contribution is -2.40. The summed E-state index contributed by atoms with van der Waals surface area (Å²) in [6, 6.07) is 0. The van der Waals surface area contributed by atoms with Crippen LogP contribution in [0.2, 0.25) is 0 Å². The summed E-state index contributed by atoms with van der Waals surface area (Å²) < 4.78 is 0. The normalized spacial score (nSPS) is 38.3. The summed E-state index contributed by atoms with van der Waals surface area (Å²) >= 11 is 0. The van der Waals surface area contributed by atoms with Crippen LogP contribution >= 0.6 is 0 Å². The molecule has 0 radical (unpaired) electrons. The number of nitrogens with zero attached hydrogens (tertiary/aromatic N) is 1. The Labute approximate surface area is 81.9 Å². The molecular weight excluding hydrogens is 162 g/mol. The van der Waals surface area contributed by atoms with Crippen molar-refractivity contribution in [2.75, 3.05) is 26.7 Å². The van der Waals surface area contributed by atoms with E-state index in [1.165, 1.54) is 32.4 Å². The highest BCUT2D eigenvalue weighted by Crippen LogP contribution is 2.50. The highest BCUT2D eigenvalue weighted by molar-refractivity contribution is 4.98. The number of hydrogen-bond donors (Lipinski definition) is 1. The van der Waals surface area contributed by atoms with Crippen molar-refractivity contribution < 1.29 is 5.11 Å². The van der Waals surface area contributed by atoms with Gasteiger partial charge in [0, 0.05) is 13.2 Å². The van der Waals surface area contributed by atoms with Crippen molar-refractivity contribution in [2.45, 2.75) is 33.1 Å². The molecule has 1 aliphatic carbocycles. The van der Waals surface area contributed by atoms with Gasteiger partial charge in [-0.05, 0) is 44.2 Å². The molecule has 0 amide bonds. The van der Waals surface area contributed by atoms with E-state index >= 15 is 0 Å². The van der Waals surface area contributed by atoms with Gasteiger partial charge in [-0.15, -0.1) is 0 Å². The van der Waals surface area contributed by atoms with Crippen molar-refractivity contribution >= 4 is 0 Å². The van der Waals surface area contributed by atoms with Crippen molar-refractivity contribution in [1.29, 1.82) is 0 Å². The first kappa shape index (κ1) is 11.0. The fraction of sp³-hybridized carbons (Fsp3) is 1.00. The average Bonchev–Trinajstić information content (AvgIpc) is 2.48. The second-order valence-corrected chi connectivity index (χ2v) is 4.44. The zero-order valence-corrected chi connectivity index (χ0v) is 9.21. The van der Waals surface area contributed by atoms with Crippen molar-refractivity contribution in [2.24, 2.45) is 11.3 Å². The van der Waals surface area contributed by atoms with E-state index in [4.69, 9.17) is 5.11 Å². The van der Waals surface area contributed by atoms with Crippen LogP contribution in [0.25, 0.3) is 0 Å². The van der Waals surface area contributed by atoms with Gasteiger partial charge in [0.15, 0.2) is 0 Å². The number of rotatable bonds is 1. The fourth-order valence-electron chi connectivity index (χ4n) is 2.79. The summed E-state index contributed by atoms with van der Waals surface area (Å²) in [6.45, 7) is 6.94. The summed E-state index contributed by atoms with van der Waals surface area (Å²) in [5.74, 6) is 0.626. The molecule has 2 rings (SSSR count). The second kappa shape index (κ2) is 4.43. The van der Waals surface area contributed by atoms with Gasteiger partial charge in [0.05, 0.1) is 0 Å². The van der Waals surface area contributed by atoms with E-state index in [2.05, 4.69) is 11.9 Å². The molecule has 1 spiro atoms. The van der Waals surface area contributed by atoms with Gasteiger partial charge in [-0.3, -0.25) is 0 Å². The Morgan fingerprint density at radius 3 is 2.38 bits per heavy atom. The van der Waals surface area contributed by atoms with E-state index in [0.717, 1.165) is 0 Å². The molecule has 1 saturated heterocycles. The Morgan fingerprint density at radius 2 is 2.00 bits per heavy atom. The molecule has 2 nitrogen and oxygen atoms in total. The number of aliphatic hydroxyl groups is 1. The van der Waals surface area contributed by atoms with E-state index in [0.29, 0.717) is 17.9 Å². The molecule has 0 aromatic carbocycles. The molecule has 0 atom stereocenters. The Kier molecular flexibility index (Phi) is 3.74. The Morgan fingerprint density at radius 1 is 1.38 bits per heavy atom. The van der Waals surface area contributed by atoms with Gasteiger partial charge in [-0.2, -0.15) is 0 Å². The van der Waals surface area contributed by atoms with E-state index in [-0.39, 0.29) is 0 Å². The summed E-state index contributed by atoms with van der Waals surface area (Å²) in [6.07, 6.45) is 3.90. The van der Waals surface area contributed by atoms with Gasteiger partial charge in [-0.1, -0.05) is 13.8 Å². The molecule has 0 unspecified atom stereocenters. The maximum absolute atomic E-state index is 8.88. The molecule has 0 aromatic heterocycles. The van der Waals surface area contributed by atoms with E-state index < -0.39 is 0 Å². The smallest absolute Gasteiger partial charge is 0.0459 e. The quantitative estimate of drug-likeness (QED) is 0.672. The molecule has 1 heterocycles. The van der Waals surface area contributed by atoms with Crippen LogP contribution in [0.1, 0.15) is 33.1 Å². The first-order valence-electron chi connectivity index (χ1n) is 5.53. The minimum Gasteiger partial charge on any atom is -0.396 e. The summed E-state index contributed by atoms with van der Waals surface area (Å²) in [5, 5.41) is 8.88. The monoisotopic (exact) mass is 185 g/mol. The molecular formula is C11H23NO. The third-order valence-electron chi connectivity index (χ3n) is 3.33. The van der Waals surface area contributed by atoms with Crippen molar-refractivity contribution in [1.82, 2.24) is 4.90 Å². The lowest BCUT2D eigenvalue weighted by atomic mass is 9.62. The standard InChI is InChI=1S/C9H17NO.C2H6/c1-10-3-2-9(7-10)4-8(5-9)6-11;1-2/h8,11H,2-7H2,1H3;1-2H3. The highest BCUT2D eigenvalue weighted by atomic mass is 16.3. The number of likely N-dealkylation sites (tertiary alicyclic amines) is 1. The maximum atomic E-state index is 8.88. The van der Waals surface area contributed by atoms with Crippen LogP contribution < -0.4 is 0 Å². The van der Waals surface area contributed by atoms with Crippen LogP contribution in [-0.4, -0.2) is 36.8 Å². The maximum Gasteiger partial charge on any atom is 0.0459 e. The van der Waals surface area contributed by atoms with Gasteiger partial charge < -0.3 is 10.0 Å². The van der Waals surface area contributed by atoms with Crippen LogP contribution in [0.3, 0.4) is 0 Å². The number of aliphatic hydroxyl groups excluding tert-OH is 1. The first-order chi connectivity index (χ1) is 6.24. The molecule has 2 heteroatoms. The third-order valence-corrected chi connectivity index (χ3v) is 3.33. The second-order valence-electron chi connectivity index (χ2n) is 4.44. The Balaban J connectivity index is 0.000000396. The van der Waals surface area contributed by atoms with Gasteiger partial charge in [-0.25, -0.2) is 0 Å². The van der Waals surface area contributed by atoms with Crippen LogP contribution in [0, 0.1) is 11.3 Å². The Bertz CT molecular complexity index is 152. The zero-order valence-electron chi connectivity index (χ0n) is 9.21. The van der Waals surface area contributed by atoms with Crippen molar-refractivity contribution in [3.63, 3.8) is 0 Å². The Hall–Kier alpha value is -0.0800. The predicted molar refractivity (Wildman–Crippen MR) is 55.7 cm³/mol. The molecule has 78 valence electrons. The van der Waals surface area contributed by atoms with Crippen LogP contribution in [0.15, 0.2) is 0 Å². The third kappa shape index (κ3) is 2.23. The topological polar surface area (TPSA) is 23.5 Å². The molecule has 0 bridgehead atoms. The first-order valence-corrected chi connectivity index (χ1v) is 5.53. The van der Waals surface area contributed by atoms with Crippen LogP contribution in [0.4, 0.5) is 0 Å². The predicted octanol–water partition coefficient (Wildman–Crippen LogP) is 1.74. The summed E-state index contributed by atoms with van der Waals surface area (Å²) in [5.41, 5.74) is 0.627. The SMILES string of the molecule is CC.CN1CCC2(CC(CO)C2)C1. The minimum absolute atomic E-state index is 0.408. The molecule has 2 fully saturated rings. The average molecular weight is 185 g/mol. The van der Waals surface area contributed by atoms with Gasteiger partial charge in [0.2, 0.25) is 0 Å². The largest absolute Gasteiger partial charge is 0.396 e.